The summed E-state index contributed by atoms with van der Waals surface area (Å²) in [6, 6.07) is -0.711. The molecular formula is C56H105NO5. The number of unbranched alkanes of at least 4 members (excludes halogenated alkanes) is 31. The van der Waals surface area contributed by atoms with E-state index in [0.29, 0.717) is 19.3 Å². The van der Waals surface area contributed by atoms with Gasteiger partial charge in [-0.3, -0.25) is 9.59 Å². The van der Waals surface area contributed by atoms with Crippen LogP contribution in [0, 0.1) is 0 Å². The van der Waals surface area contributed by atoms with E-state index in [1.807, 2.05) is 0 Å². The molecule has 364 valence electrons. The number of ether oxygens (including phenoxy) is 1. The monoisotopic (exact) mass is 872 g/mol. The maximum Gasteiger partial charge on any atom is 0.306 e. The lowest BCUT2D eigenvalue weighted by molar-refractivity contribution is -0.151. The van der Waals surface area contributed by atoms with Crippen LogP contribution >= 0.6 is 0 Å². The van der Waals surface area contributed by atoms with Crippen molar-refractivity contribution in [2.75, 3.05) is 6.61 Å². The summed E-state index contributed by atoms with van der Waals surface area (Å²) < 4.78 is 5.93. The lowest BCUT2D eigenvalue weighted by atomic mass is 10.0. The highest BCUT2D eigenvalue weighted by molar-refractivity contribution is 5.77. The van der Waals surface area contributed by atoms with Gasteiger partial charge >= 0.3 is 5.97 Å². The number of carbonyl (C=O) groups excluding carboxylic acids is 2. The SMILES string of the molecule is CCCCC/C=C\C/C=C\C/C=C\CCCCC(CC(=O)NC(CO)C(O)CCCCCCCCCCCCCCCCC)OC(=O)CCCCCCCCCCCCCCC. The maximum absolute atomic E-state index is 13.2. The Bertz CT molecular complexity index is 1020. The Labute approximate surface area is 385 Å². The van der Waals surface area contributed by atoms with Crippen molar-refractivity contribution in [1.29, 1.82) is 0 Å². The summed E-state index contributed by atoms with van der Waals surface area (Å²) in [5.74, 6) is -0.499. The van der Waals surface area contributed by atoms with Crippen LogP contribution in [0.3, 0.4) is 0 Å². The first-order chi connectivity index (χ1) is 30.5. The number of esters is 1. The molecule has 6 heteroatoms. The van der Waals surface area contributed by atoms with Gasteiger partial charge in [-0.15, -0.1) is 0 Å². The van der Waals surface area contributed by atoms with E-state index < -0.39 is 18.2 Å². The molecule has 0 aromatic carbocycles. The third-order valence-corrected chi connectivity index (χ3v) is 12.5. The Kier molecular flexibility index (Phi) is 48.5. The van der Waals surface area contributed by atoms with E-state index in [1.54, 1.807) is 0 Å². The quantitative estimate of drug-likeness (QED) is 0.0321. The molecule has 3 N–H and O–H groups in total. The fourth-order valence-corrected chi connectivity index (χ4v) is 8.32. The molecule has 0 aliphatic rings. The Balaban J connectivity index is 4.60. The molecule has 0 bridgehead atoms. The van der Waals surface area contributed by atoms with Crippen molar-refractivity contribution in [3.05, 3.63) is 36.5 Å². The predicted molar refractivity (Wildman–Crippen MR) is 269 cm³/mol. The third kappa shape index (κ3) is 44.7. The van der Waals surface area contributed by atoms with Gasteiger partial charge in [0.05, 0.1) is 25.2 Å². The summed E-state index contributed by atoms with van der Waals surface area (Å²) in [5, 5.41) is 23.8. The number of allylic oxidation sites excluding steroid dienone is 6. The molecule has 62 heavy (non-hydrogen) atoms. The minimum Gasteiger partial charge on any atom is -0.462 e. The standard InChI is InChI=1S/C56H105NO5/c1-4-7-10-13-16-19-22-25-27-30-32-35-38-41-44-47-52(62-56(61)49-46-43-40-37-34-29-24-21-18-15-12-9-6-3)50-55(60)57-53(51-58)54(59)48-45-42-39-36-33-31-28-26-23-20-17-14-11-8-5-2/h16,19,25,27,32,35,52-54,58-59H,4-15,17-18,20-24,26,28-31,33-34,36-51H2,1-3H3,(H,57,60)/b19-16-,27-25-,35-32-. The largest absolute Gasteiger partial charge is 0.462 e. The van der Waals surface area contributed by atoms with Crippen molar-refractivity contribution in [3.63, 3.8) is 0 Å². The van der Waals surface area contributed by atoms with Crippen molar-refractivity contribution < 1.29 is 24.5 Å². The Morgan fingerprint density at radius 2 is 0.823 bits per heavy atom. The number of carbonyl (C=O) groups is 2. The van der Waals surface area contributed by atoms with Crippen molar-refractivity contribution in [2.24, 2.45) is 0 Å². The number of amides is 1. The molecule has 0 fully saturated rings. The van der Waals surface area contributed by atoms with Gasteiger partial charge in [0.1, 0.15) is 6.10 Å². The Morgan fingerprint density at radius 3 is 1.26 bits per heavy atom. The molecular weight excluding hydrogens is 767 g/mol. The summed E-state index contributed by atoms with van der Waals surface area (Å²) in [6.45, 7) is 6.47. The molecule has 1 amide bonds. The predicted octanol–water partition coefficient (Wildman–Crippen LogP) is 16.5. The second-order valence-electron chi connectivity index (χ2n) is 18.6. The summed E-state index contributed by atoms with van der Waals surface area (Å²) in [6.07, 6.45) is 59.2. The molecule has 0 aliphatic heterocycles. The van der Waals surface area contributed by atoms with Gasteiger partial charge < -0.3 is 20.3 Å². The lowest BCUT2D eigenvalue weighted by Crippen LogP contribution is -2.46. The summed E-state index contributed by atoms with van der Waals surface area (Å²) in [7, 11) is 0. The molecule has 0 rings (SSSR count). The van der Waals surface area contributed by atoms with Crippen LogP contribution in [0.25, 0.3) is 0 Å². The zero-order valence-corrected chi connectivity index (χ0v) is 41.5. The Hall–Kier alpha value is -1.92. The van der Waals surface area contributed by atoms with Gasteiger partial charge in [0.25, 0.3) is 0 Å². The van der Waals surface area contributed by atoms with E-state index in [-0.39, 0.29) is 24.9 Å². The fourth-order valence-electron chi connectivity index (χ4n) is 8.32. The fraction of sp³-hybridized carbons (Fsp3) is 0.857. The van der Waals surface area contributed by atoms with Crippen molar-refractivity contribution >= 4 is 11.9 Å². The first kappa shape index (κ1) is 60.1. The molecule has 3 unspecified atom stereocenters. The molecule has 0 aliphatic carbocycles. The second kappa shape index (κ2) is 50.1. The number of hydrogen-bond donors (Lipinski definition) is 3. The van der Waals surface area contributed by atoms with E-state index in [0.717, 1.165) is 70.6 Å². The van der Waals surface area contributed by atoms with Crippen molar-refractivity contribution in [3.8, 4) is 0 Å². The van der Waals surface area contributed by atoms with Crippen molar-refractivity contribution in [1.82, 2.24) is 5.32 Å². The van der Waals surface area contributed by atoms with Crippen LogP contribution in [-0.2, 0) is 14.3 Å². The normalized spacial score (nSPS) is 13.4. The average Bonchev–Trinajstić information content (AvgIpc) is 3.26. The summed E-state index contributed by atoms with van der Waals surface area (Å²) >= 11 is 0. The number of rotatable bonds is 49. The first-order valence-electron chi connectivity index (χ1n) is 27.2. The highest BCUT2D eigenvalue weighted by atomic mass is 16.5. The van der Waals surface area contributed by atoms with E-state index in [1.165, 1.54) is 167 Å². The van der Waals surface area contributed by atoms with Gasteiger partial charge in [0, 0.05) is 6.42 Å². The molecule has 0 saturated heterocycles. The first-order valence-corrected chi connectivity index (χ1v) is 27.2. The van der Waals surface area contributed by atoms with Gasteiger partial charge in [-0.25, -0.2) is 0 Å². The van der Waals surface area contributed by atoms with Crippen LogP contribution in [-0.4, -0.2) is 46.9 Å². The van der Waals surface area contributed by atoms with Crippen LogP contribution < -0.4 is 5.32 Å². The van der Waals surface area contributed by atoms with Gasteiger partial charge in [-0.1, -0.05) is 243 Å². The van der Waals surface area contributed by atoms with E-state index in [2.05, 4.69) is 62.5 Å². The van der Waals surface area contributed by atoms with Crippen LogP contribution in [0.5, 0.6) is 0 Å². The van der Waals surface area contributed by atoms with Crippen LogP contribution in [0.1, 0.15) is 284 Å². The maximum atomic E-state index is 13.2. The minimum atomic E-state index is -0.795. The van der Waals surface area contributed by atoms with Gasteiger partial charge in [0.2, 0.25) is 5.91 Å². The Morgan fingerprint density at radius 1 is 0.468 bits per heavy atom. The highest BCUT2D eigenvalue weighted by Gasteiger charge is 2.24. The molecule has 0 aromatic heterocycles. The number of hydrogen-bond acceptors (Lipinski definition) is 5. The molecule has 6 nitrogen and oxygen atoms in total. The molecule has 0 spiro atoms. The van der Waals surface area contributed by atoms with Crippen LogP contribution in [0.2, 0.25) is 0 Å². The van der Waals surface area contributed by atoms with E-state index >= 15 is 0 Å². The summed E-state index contributed by atoms with van der Waals surface area (Å²) in [5.41, 5.74) is 0. The van der Waals surface area contributed by atoms with E-state index in [9.17, 15) is 19.8 Å². The van der Waals surface area contributed by atoms with Gasteiger partial charge in [0.15, 0.2) is 0 Å². The molecule has 0 radical (unpaired) electrons. The molecule has 0 aromatic rings. The second-order valence-corrected chi connectivity index (χ2v) is 18.6. The lowest BCUT2D eigenvalue weighted by Gasteiger charge is -2.24. The number of aliphatic hydroxyl groups excluding tert-OH is 2. The highest BCUT2D eigenvalue weighted by Crippen LogP contribution is 2.18. The van der Waals surface area contributed by atoms with Crippen molar-refractivity contribution in [2.45, 2.75) is 302 Å². The van der Waals surface area contributed by atoms with Gasteiger partial charge in [-0.2, -0.15) is 0 Å². The molecule has 0 heterocycles. The summed E-state index contributed by atoms with van der Waals surface area (Å²) in [4.78, 5) is 26.2. The van der Waals surface area contributed by atoms with Crippen LogP contribution in [0.4, 0.5) is 0 Å². The van der Waals surface area contributed by atoms with Crippen LogP contribution in [0.15, 0.2) is 36.5 Å². The zero-order chi connectivity index (χ0) is 45.2. The van der Waals surface area contributed by atoms with Gasteiger partial charge in [-0.05, 0) is 64.2 Å². The average molecular weight is 872 g/mol. The topological polar surface area (TPSA) is 95.9 Å². The minimum absolute atomic E-state index is 0.0558. The van der Waals surface area contributed by atoms with E-state index in [4.69, 9.17) is 4.74 Å². The smallest absolute Gasteiger partial charge is 0.306 e. The third-order valence-electron chi connectivity index (χ3n) is 12.5. The number of nitrogens with one attached hydrogen (secondary N) is 1. The number of aliphatic hydroxyl groups is 2. The molecule has 3 atom stereocenters. The molecule has 0 saturated carbocycles. The zero-order valence-electron chi connectivity index (χ0n) is 41.5.